The molecule has 2 unspecified atom stereocenters. The van der Waals surface area contributed by atoms with Gasteiger partial charge in [-0.3, -0.25) is 4.79 Å². The van der Waals surface area contributed by atoms with Crippen molar-refractivity contribution in [1.82, 2.24) is 5.32 Å². The van der Waals surface area contributed by atoms with Crippen LogP contribution in [0.1, 0.15) is 57.8 Å². The smallest absolute Gasteiger partial charge is 0.323 e. The zero-order valence-electron chi connectivity index (χ0n) is 12.0. The molecule has 0 aromatic rings. The fourth-order valence-corrected chi connectivity index (χ4v) is 3.52. The van der Waals surface area contributed by atoms with Gasteiger partial charge in [-0.05, 0) is 45.1 Å². The molecule has 4 heteroatoms. The summed E-state index contributed by atoms with van der Waals surface area (Å²) in [6, 6.07) is 0. The van der Waals surface area contributed by atoms with Gasteiger partial charge in [-0.15, -0.1) is 0 Å². The number of aliphatic carboxylic acids is 1. The summed E-state index contributed by atoms with van der Waals surface area (Å²) in [6.07, 6.45) is 9.94. The molecule has 0 saturated heterocycles. The normalized spacial score (nSPS) is 33.2. The first-order valence-electron chi connectivity index (χ1n) is 7.70. The lowest BCUT2D eigenvalue weighted by atomic mass is 9.80. The number of ether oxygens (including phenoxy) is 1. The minimum Gasteiger partial charge on any atom is -0.480 e. The van der Waals surface area contributed by atoms with Gasteiger partial charge in [0.15, 0.2) is 0 Å². The summed E-state index contributed by atoms with van der Waals surface area (Å²) >= 11 is 0. The van der Waals surface area contributed by atoms with E-state index in [4.69, 9.17) is 4.74 Å². The maximum absolute atomic E-state index is 11.4. The Labute approximate surface area is 115 Å². The van der Waals surface area contributed by atoms with Gasteiger partial charge in [0.2, 0.25) is 0 Å². The van der Waals surface area contributed by atoms with Gasteiger partial charge in [0.05, 0.1) is 6.10 Å². The van der Waals surface area contributed by atoms with E-state index < -0.39 is 11.5 Å². The Kier molecular flexibility index (Phi) is 5.22. The average Bonchev–Trinajstić information content (AvgIpc) is 2.46. The van der Waals surface area contributed by atoms with Crippen LogP contribution in [0.2, 0.25) is 0 Å². The Morgan fingerprint density at radius 2 is 2.00 bits per heavy atom. The number of carboxylic acids is 1. The van der Waals surface area contributed by atoms with Crippen LogP contribution >= 0.6 is 0 Å². The van der Waals surface area contributed by atoms with E-state index in [1.807, 2.05) is 0 Å². The van der Waals surface area contributed by atoms with Crippen molar-refractivity contribution in [3.05, 3.63) is 0 Å². The van der Waals surface area contributed by atoms with E-state index in [2.05, 4.69) is 5.32 Å². The fourth-order valence-electron chi connectivity index (χ4n) is 3.52. The predicted molar refractivity (Wildman–Crippen MR) is 74.2 cm³/mol. The van der Waals surface area contributed by atoms with E-state index in [9.17, 15) is 9.90 Å². The molecule has 0 amide bonds. The first-order chi connectivity index (χ1) is 9.16. The molecule has 0 spiro atoms. The summed E-state index contributed by atoms with van der Waals surface area (Å²) in [4.78, 5) is 11.4. The van der Waals surface area contributed by atoms with E-state index >= 15 is 0 Å². The van der Waals surface area contributed by atoms with Crippen molar-refractivity contribution in [3.63, 3.8) is 0 Å². The van der Waals surface area contributed by atoms with E-state index in [-0.39, 0.29) is 6.10 Å². The van der Waals surface area contributed by atoms with Crippen molar-refractivity contribution in [1.29, 1.82) is 0 Å². The second-order valence-corrected chi connectivity index (χ2v) is 6.19. The highest BCUT2D eigenvalue weighted by molar-refractivity contribution is 5.79. The molecule has 4 nitrogen and oxygen atoms in total. The first-order valence-corrected chi connectivity index (χ1v) is 7.70. The maximum atomic E-state index is 11.4. The molecule has 0 aliphatic heterocycles. The van der Waals surface area contributed by atoms with Crippen LogP contribution in [0.25, 0.3) is 0 Å². The van der Waals surface area contributed by atoms with Crippen molar-refractivity contribution < 1.29 is 14.6 Å². The van der Waals surface area contributed by atoms with E-state index in [1.165, 1.54) is 32.1 Å². The summed E-state index contributed by atoms with van der Waals surface area (Å²) < 4.78 is 6.03. The van der Waals surface area contributed by atoms with Crippen LogP contribution in [0.15, 0.2) is 0 Å². The molecule has 2 aliphatic rings. The SMILES string of the molecule is CNC1(C(=O)O)CCCC(OCC2CCCCC2)C1. The molecular formula is C15H27NO3. The third kappa shape index (κ3) is 3.69. The quantitative estimate of drug-likeness (QED) is 0.805. The largest absolute Gasteiger partial charge is 0.480 e. The highest BCUT2D eigenvalue weighted by Gasteiger charge is 2.42. The highest BCUT2D eigenvalue weighted by Crippen LogP contribution is 2.31. The molecule has 0 heterocycles. The Balaban J connectivity index is 1.81. The lowest BCUT2D eigenvalue weighted by molar-refractivity contribution is -0.149. The van der Waals surface area contributed by atoms with E-state index in [1.54, 1.807) is 7.05 Å². The number of carbonyl (C=O) groups is 1. The number of rotatable bonds is 5. The number of likely N-dealkylation sites (N-methyl/N-ethyl adjacent to an activating group) is 1. The monoisotopic (exact) mass is 269 g/mol. The van der Waals surface area contributed by atoms with Gasteiger partial charge < -0.3 is 15.2 Å². The summed E-state index contributed by atoms with van der Waals surface area (Å²) in [6.45, 7) is 0.823. The van der Waals surface area contributed by atoms with Gasteiger partial charge in [0.1, 0.15) is 5.54 Å². The molecule has 2 saturated carbocycles. The van der Waals surface area contributed by atoms with Crippen molar-refractivity contribution in [2.75, 3.05) is 13.7 Å². The predicted octanol–water partition coefficient (Wildman–Crippen LogP) is 2.57. The molecule has 2 N–H and O–H groups in total. The van der Waals surface area contributed by atoms with Crippen molar-refractivity contribution in [2.45, 2.75) is 69.4 Å². The van der Waals surface area contributed by atoms with Crippen LogP contribution in [0, 0.1) is 5.92 Å². The third-order valence-corrected chi connectivity index (χ3v) is 4.89. The fraction of sp³-hybridized carbons (Fsp3) is 0.933. The summed E-state index contributed by atoms with van der Waals surface area (Å²) in [5, 5.41) is 12.4. The van der Waals surface area contributed by atoms with Crippen LogP contribution in [-0.2, 0) is 9.53 Å². The van der Waals surface area contributed by atoms with Gasteiger partial charge in [-0.1, -0.05) is 19.3 Å². The molecular weight excluding hydrogens is 242 g/mol. The number of hydrogen-bond donors (Lipinski definition) is 2. The van der Waals surface area contributed by atoms with Crippen LogP contribution in [0.3, 0.4) is 0 Å². The first kappa shape index (κ1) is 14.8. The average molecular weight is 269 g/mol. The second kappa shape index (κ2) is 6.71. The molecule has 2 fully saturated rings. The summed E-state index contributed by atoms with van der Waals surface area (Å²) in [7, 11) is 1.75. The zero-order chi connectivity index (χ0) is 13.7. The Morgan fingerprint density at radius 1 is 1.26 bits per heavy atom. The standard InChI is InChI=1S/C15H27NO3/c1-16-15(14(17)18)9-5-8-13(10-15)19-11-12-6-3-2-4-7-12/h12-13,16H,2-11H2,1H3,(H,17,18). The lowest BCUT2D eigenvalue weighted by Gasteiger charge is -2.37. The van der Waals surface area contributed by atoms with Crippen LogP contribution in [0.5, 0.6) is 0 Å². The van der Waals surface area contributed by atoms with Crippen molar-refractivity contribution in [3.8, 4) is 0 Å². The molecule has 19 heavy (non-hydrogen) atoms. The molecule has 2 aliphatic carbocycles. The topological polar surface area (TPSA) is 58.6 Å². The van der Waals surface area contributed by atoms with Crippen LogP contribution in [0.4, 0.5) is 0 Å². The van der Waals surface area contributed by atoms with E-state index in [0.717, 1.165) is 19.4 Å². The van der Waals surface area contributed by atoms with Crippen LogP contribution in [-0.4, -0.2) is 36.4 Å². The summed E-state index contributed by atoms with van der Waals surface area (Å²) in [5.74, 6) is -0.0366. The summed E-state index contributed by atoms with van der Waals surface area (Å²) in [5.41, 5.74) is -0.768. The Hall–Kier alpha value is -0.610. The van der Waals surface area contributed by atoms with Gasteiger partial charge in [0, 0.05) is 13.0 Å². The Morgan fingerprint density at radius 3 is 2.63 bits per heavy atom. The minimum atomic E-state index is -0.768. The number of hydrogen-bond acceptors (Lipinski definition) is 3. The van der Waals surface area contributed by atoms with Crippen molar-refractivity contribution in [2.24, 2.45) is 5.92 Å². The van der Waals surface area contributed by atoms with Gasteiger partial charge >= 0.3 is 5.97 Å². The molecule has 0 bridgehead atoms. The van der Waals surface area contributed by atoms with Gasteiger partial charge in [0.25, 0.3) is 0 Å². The van der Waals surface area contributed by atoms with Gasteiger partial charge in [-0.25, -0.2) is 0 Å². The number of nitrogens with one attached hydrogen (secondary N) is 1. The molecule has 0 radical (unpaired) electrons. The van der Waals surface area contributed by atoms with Crippen LogP contribution < -0.4 is 5.32 Å². The number of carboxylic acid groups (broad SMARTS) is 1. The molecule has 0 aromatic carbocycles. The van der Waals surface area contributed by atoms with Gasteiger partial charge in [-0.2, -0.15) is 0 Å². The highest BCUT2D eigenvalue weighted by atomic mass is 16.5. The molecule has 0 aromatic heterocycles. The molecule has 2 atom stereocenters. The minimum absolute atomic E-state index is 0.110. The second-order valence-electron chi connectivity index (χ2n) is 6.19. The lowest BCUT2D eigenvalue weighted by Crippen LogP contribution is -2.54. The zero-order valence-corrected chi connectivity index (χ0v) is 12.0. The maximum Gasteiger partial charge on any atom is 0.323 e. The van der Waals surface area contributed by atoms with E-state index in [0.29, 0.717) is 18.8 Å². The Bertz CT molecular complexity index is 302. The third-order valence-electron chi connectivity index (χ3n) is 4.89. The van der Waals surface area contributed by atoms with Crippen molar-refractivity contribution >= 4 is 5.97 Å². The molecule has 2 rings (SSSR count). The molecule has 110 valence electrons.